The van der Waals surface area contributed by atoms with Gasteiger partial charge in [0.1, 0.15) is 0 Å². The van der Waals surface area contributed by atoms with E-state index in [9.17, 15) is 0 Å². The van der Waals surface area contributed by atoms with Gasteiger partial charge < -0.3 is 0 Å². The van der Waals surface area contributed by atoms with E-state index in [0.29, 0.717) is 5.41 Å². The number of hydrogen-bond donors (Lipinski definition) is 0. The molecule has 4 unspecified atom stereocenters. The van der Waals surface area contributed by atoms with Crippen molar-refractivity contribution < 1.29 is 0 Å². The van der Waals surface area contributed by atoms with Crippen LogP contribution in [0.4, 0.5) is 0 Å². The highest BCUT2D eigenvalue weighted by atomic mass is 14.6. The first-order valence-electron chi connectivity index (χ1n) is 10.00. The predicted molar refractivity (Wildman–Crippen MR) is 94.7 cm³/mol. The van der Waals surface area contributed by atoms with E-state index < -0.39 is 0 Å². The Morgan fingerprint density at radius 2 is 1.91 bits per heavy atom. The molecule has 4 aliphatic carbocycles. The van der Waals surface area contributed by atoms with E-state index in [-0.39, 0.29) is 0 Å². The van der Waals surface area contributed by atoms with Gasteiger partial charge in [0, 0.05) is 0 Å². The van der Waals surface area contributed by atoms with Crippen molar-refractivity contribution in [2.24, 2.45) is 29.1 Å². The van der Waals surface area contributed by atoms with Gasteiger partial charge in [0.15, 0.2) is 0 Å². The fourth-order valence-corrected chi connectivity index (χ4v) is 6.97. The molecule has 0 radical (unpaired) electrons. The van der Waals surface area contributed by atoms with Crippen molar-refractivity contribution >= 4 is 0 Å². The van der Waals surface area contributed by atoms with Gasteiger partial charge in [0.25, 0.3) is 0 Å². The zero-order valence-corrected chi connectivity index (χ0v) is 15.0. The Hall–Kier alpha value is -0.520. The molecular formula is C22H34. The first-order valence-corrected chi connectivity index (χ1v) is 10.00. The van der Waals surface area contributed by atoms with E-state index in [1.807, 2.05) is 11.1 Å². The molecule has 0 N–H and O–H groups in total. The lowest BCUT2D eigenvalue weighted by atomic mass is 9.54. The van der Waals surface area contributed by atoms with Crippen LogP contribution in [0.5, 0.6) is 0 Å². The zero-order valence-electron chi connectivity index (χ0n) is 15.0. The van der Waals surface area contributed by atoms with Crippen molar-refractivity contribution in [1.82, 2.24) is 0 Å². The molecule has 0 aromatic heterocycles. The Balaban J connectivity index is 1.64. The van der Waals surface area contributed by atoms with Crippen molar-refractivity contribution in [3.05, 3.63) is 22.8 Å². The van der Waals surface area contributed by atoms with Gasteiger partial charge >= 0.3 is 0 Å². The topological polar surface area (TPSA) is 0 Å². The summed E-state index contributed by atoms with van der Waals surface area (Å²) in [7, 11) is 0. The van der Waals surface area contributed by atoms with Crippen molar-refractivity contribution in [1.29, 1.82) is 0 Å². The normalized spacial score (nSPS) is 47.0. The van der Waals surface area contributed by atoms with Crippen LogP contribution in [0.1, 0.15) is 85.0 Å². The summed E-state index contributed by atoms with van der Waals surface area (Å²) in [6.45, 7) is 7.37. The van der Waals surface area contributed by atoms with Crippen molar-refractivity contribution in [2.45, 2.75) is 85.0 Å². The maximum Gasteiger partial charge on any atom is -0.00851 e. The molecular weight excluding hydrogens is 264 g/mol. The van der Waals surface area contributed by atoms with Gasteiger partial charge in [-0.15, -0.1) is 0 Å². The highest BCUT2D eigenvalue weighted by molar-refractivity contribution is 5.29. The third kappa shape index (κ3) is 2.16. The Labute approximate surface area is 137 Å². The second-order valence-corrected chi connectivity index (χ2v) is 9.05. The number of allylic oxidation sites excluding steroid dienone is 4. The van der Waals surface area contributed by atoms with E-state index in [0.717, 1.165) is 23.7 Å². The van der Waals surface area contributed by atoms with Gasteiger partial charge in [-0.1, -0.05) is 43.1 Å². The molecule has 0 heteroatoms. The molecule has 22 heavy (non-hydrogen) atoms. The average molecular weight is 299 g/mol. The summed E-state index contributed by atoms with van der Waals surface area (Å²) in [5.41, 5.74) is 6.24. The summed E-state index contributed by atoms with van der Waals surface area (Å²) in [5, 5.41) is 0. The van der Waals surface area contributed by atoms with Crippen molar-refractivity contribution in [3.8, 4) is 0 Å². The van der Waals surface area contributed by atoms with Crippen LogP contribution in [0.15, 0.2) is 22.8 Å². The summed E-state index contributed by atoms with van der Waals surface area (Å²) in [6.07, 6.45) is 17.0. The first-order chi connectivity index (χ1) is 10.6. The number of fused-ring (bicyclic) bond motifs is 4. The molecule has 0 aromatic carbocycles. The summed E-state index contributed by atoms with van der Waals surface area (Å²) in [5.74, 6) is 3.93. The second kappa shape index (κ2) is 5.53. The molecule has 0 bridgehead atoms. The van der Waals surface area contributed by atoms with Gasteiger partial charge in [-0.3, -0.25) is 0 Å². The summed E-state index contributed by atoms with van der Waals surface area (Å²) in [4.78, 5) is 0. The van der Waals surface area contributed by atoms with Crippen LogP contribution in [0.2, 0.25) is 0 Å². The highest BCUT2D eigenvalue weighted by Gasteiger charge is 2.52. The Bertz CT molecular complexity index is 508. The Morgan fingerprint density at radius 3 is 2.73 bits per heavy atom. The van der Waals surface area contributed by atoms with Crippen LogP contribution < -0.4 is 0 Å². The third-order valence-electron chi connectivity index (χ3n) is 8.05. The lowest BCUT2D eigenvalue weighted by Crippen LogP contribution is -2.41. The minimum Gasteiger partial charge on any atom is -0.0879 e. The van der Waals surface area contributed by atoms with Gasteiger partial charge in [-0.05, 0) is 93.8 Å². The molecule has 0 nitrogen and oxygen atoms in total. The van der Waals surface area contributed by atoms with E-state index in [1.54, 1.807) is 5.57 Å². The van der Waals surface area contributed by atoms with Crippen LogP contribution in [-0.4, -0.2) is 0 Å². The minimum absolute atomic E-state index is 0.562. The molecule has 0 saturated heterocycles. The van der Waals surface area contributed by atoms with Gasteiger partial charge in [-0.25, -0.2) is 0 Å². The highest BCUT2D eigenvalue weighted by Crippen LogP contribution is 2.62. The molecule has 0 amide bonds. The Morgan fingerprint density at radius 1 is 1.05 bits per heavy atom. The minimum atomic E-state index is 0.562. The SMILES string of the molecule is C/C=C1/CCC2C3CCC4=C(CCCC(C)C4)C3CC[C@]12C. The van der Waals surface area contributed by atoms with Crippen molar-refractivity contribution in [3.63, 3.8) is 0 Å². The van der Waals surface area contributed by atoms with E-state index in [4.69, 9.17) is 0 Å². The number of hydrogen-bond acceptors (Lipinski definition) is 0. The molecule has 0 aliphatic heterocycles. The standard InChI is InChI=1S/C22H34/c1-4-17-9-11-21-20-10-8-16-14-15(2)6-5-7-18(16)19(20)12-13-22(17,21)3/h4,15,19-21H,5-14H2,1-3H3/b17-4-/t15?,19?,20?,21?,22-/m1/s1. The number of rotatable bonds is 0. The van der Waals surface area contributed by atoms with Crippen molar-refractivity contribution in [2.75, 3.05) is 0 Å². The zero-order chi connectivity index (χ0) is 15.3. The largest absolute Gasteiger partial charge is 0.0879 e. The van der Waals surface area contributed by atoms with Gasteiger partial charge in [0.2, 0.25) is 0 Å². The molecule has 5 atom stereocenters. The van der Waals surface area contributed by atoms with Crippen LogP contribution >= 0.6 is 0 Å². The summed E-state index contributed by atoms with van der Waals surface area (Å²) in [6, 6.07) is 0. The summed E-state index contributed by atoms with van der Waals surface area (Å²) < 4.78 is 0. The molecule has 122 valence electrons. The molecule has 0 spiro atoms. The maximum atomic E-state index is 2.61. The molecule has 2 fully saturated rings. The van der Waals surface area contributed by atoms with Gasteiger partial charge in [-0.2, -0.15) is 0 Å². The quantitative estimate of drug-likeness (QED) is 0.438. The van der Waals surface area contributed by atoms with Crippen LogP contribution in [0, 0.1) is 29.1 Å². The predicted octanol–water partition coefficient (Wildman–Crippen LogP) is 6.68. The Kier molecular flexibility index (Phi) is 3.78. The van der Waals surface area contributed by atoms with E-state index in [1.165, 1.54) is 64.2 Å². The maximum absolute atomic E-state index is 2.61. The second-order valence-electron chi connectivity index (χ2n) is 9.05. The molecule has 4 rings (SSSR count). The smallest absolute Gasteiger partial charge is 0.00851 e. The third-order valence-corrected chi connectivity index (χ3v) is 8.05. The fourth-order valence-electron chi connectivity index (χ4n) is 6.97. The molecule has 2 saturated carbocycles. The monoisotopic (exact) mass is 298 g/mol. The molecule has 0 heterocycles. The van der Waals surface area contributed by atoms with Gasteiger partial charge in [0.05, 0.1) is 0 Å². The summed E-state index contributed by atoms with van der Waals surface area (Å²) >= 11 is 0. The lowest BCUT2D eigenvalue weighted by Gasteiger charge is -2.50. The van der Waals surface area contributed by atoms with Crippen LogP contribution in [0.3, 0.4) is 0 Å². The first kappa shape index (κ1) is 15.0. The molecule has 0 aromatic rings. The van der Waals surface area contributed by atoms with Crippen LogP contribution in [0.25, 0.3) is 0 Å². The fraction of sp³-hybridized carbons (Fsp3) is 0.818. The molecule has 4 aliphatic rings. The average Bonchev–Trinajstić information content (AvgIpc) is 2.72. The lowest BCUT2D eigenvalue weighted by molar-refractivity contribution is 0.0619. The van der Waals surface area contributed by atoms with E-state index >= 15 is 0 Å². The van der Waals surface area contributed by atoms with Crippen LogP contribution in [-0.2, 0) is 0 Å². The van der Waals surface area contributed by atoms with E-state index in [2.05, 4.69) is 26.8 Å².